The maximum Gasteiger partial charge on any atom is 0.0835 e. The molecule has 1 atom stereocenters. The Morgan fingerprint density at radius 2 is 2.44 bits per heavy atom. The Kier molecular flexibility index (Phi) is 2.48. The Morgan fingerprint density at radius 3 is 3.25 bits per heavy atom. The van der Waals surface area contributed by atoms with E-state index in [9.17, 15) is 0 Å². The Balaban J connectivity index is 2.29. The van der Waals surface area contributed by atoms with Crippen LogP contribution in [-0.4, -0.2) is 17.3 Å². The Bertz CT molecular complexity index is 535. The first kappa shape index (κ1) is 10.3. The van der Waals surface area contributed by atoms with Gasteiger partial charge >= 0.3 is 0 Å². The van der Waals surface area contributed by atoms with Crippen molar-refractivity contribution < 1.29 is 4.74 Å². The van der Waals surface area contributed by atoms with Gasteiger partial charge in [0.05, 0.1) is 17.8 Å². The molecule has 2 aromatic rings. The summed E-state index contributed by atoms with van der Waals surface area (Å²) < 4.78 is 6.70. The highest BCUT2D eigenvalue weighted by Gasteiger charge is 2.24. The number of ether oxygens (including phenoxy) is 1. The van der Waals surface area contributed by atoms with Crippen molar-refractivity contribution in [2.75, 3.05) is 7.11 Å². The normalized spacial score (nSPS) is 20.0. The fourth-order valence-electron chi connectivity index (χ4n) is 2.53. The van der Waals surface area contributed by atoms with E-state index in [-0.39, 0.29) is 6.10 Å². The number of halogens is 1. The van der Waals surface area contributed by atoms with Gasteiger partial charge in [0.15, 0.2) is 0 Å². The van der Waals surface area contributed by atoms with Crippen molar-refractivity contribution in [1.29, 1.82) is 0 Å². The molecule has 0 saturated heterocycles. The molecule has 1 N–H and O–H groups in total. The van der Waals surface area contributed by atoms with Crippen LogP contribution >= 0.6 is 15.9 Å². The zero-order valence-electron chi connectivity index (χ0n) is 9.09. The van der Waals surface area contributed by atoms with Crippen LogP contribution in [0, 0.1) is 0 Å². The summed E-state index contributed by atoms with van der Waals surface area (Å²) in [5.41, 5.74) is 3.78. The second-order valence-electron chi connectivity index (χ2n) is 4.21. The van der Waals surface area contributed by atoms with Gasteiger partial charge in [0.25, 0.3) is 0 Å². The van der Waals surface area contributed by atoms with Crippen molar-refractivity contribution >= 4 is 26.8 Å². The van der Waals surface area contributed by atoms with E-state index < -0.39 is 0 Å². The summed E-state index contributed by atoms with van der Waals surface area (Å²) in [6, 6.07) is 2.20. The fourth-order valence-corrected chi connectivity index (χ4v) is 3.36. The molecule has 1 aliphatic rings. The van der Waals surface area contributed by atoms with E-state index in [2.05, 4.69) is 32.2 Å². The van der Waals surface area contributed by atoms with Crippen molar-refractivity contribution in [3.05, 3.63) is 27.9 Å². The summed E-state index contributed by atoms with van der Waals surface area (Å²) in [5.74, 6) is 0. The van der Waals surface area contributed by atoms with E-state index in [0.29, 0.717) is 0 Å². The molecule has 0 bridgehead atoms. The number of benzene rings is 1. The molecule has 16 heavy (non-hydrogen) atoms. The largest absolute Gasteiger partial charge is 0.377 e. The van der Waals surface area contributed by atoms with Gasteiger partial charge in [-0.05, 0) is 52.4 Å². The van der Waals surface area contributed by atoms with Crippen molar-refractivity contribution in [3.63, 3.8) is 0 Å². The van der Waals surface area contributed by atoms with Crippen LogP contribution in [0.3, 0.4) is 0 Å². The fraction of sp³-hybridized carbons (Fsp3) is 0.417. The number of aromatic nitrogens is 2. The molecule has 0 radical (unpaired) electrons. The molecule has 3 nitrogen and oxygen atoms in total. The minimum absolute atomic E-state index is 0.220. The van der Waals surface area contributed by atoms with Gasteiger partial charge in [-0.2, -0.15) is 5.10 Å². The average molecular weight is 281 g/mol. The second kappa shape index (κ2) is 3.86. The molecule has 0 saturated carbocycles. The molecule has 1 heterocycles. The van der Waals surface area contributed by atoms with Crippen LogP contribution in [0.5, 0.6) is 0 Å². The Labute approximate surface area is 102 Å². The first-order valence-electron chi connectivity index (χ1n) is 5.48. The molecule has 0 amide bonds. The van der Waals surface area contributed by atoms with Gasteiger partial charge in [0.2, 0.25) is 0 Å². The summed E-state index contributed by atoms with van der Waals surface area (Å²) in [4.78, 5) is 0. The lowest BCUT2D eigenvalue weighted by Gasteiger charge is -2.25. The molecule has 1 unspecified atom stereocenters. The number of hydrogen-bond donors (Lipinski definition) is 1. The topological polar surface area (TPSA) is 37.9 Å². The molecular formula is C12H13BrN2O. The van der Waals surface area contributed by atoms with Gasteiger partial charge in [-0.25, -0.2) is 0 Å². The van der Waals surface area contributed by atoms with E-state index >= 15 is 0 Å². The third kappa shape index (κ3) is 1.40. The molecule has 1 aromatic heterocycles. The SMILES string of the molecule is COC1CCCc2cc3[nH]ncc3c(Br)c21. The summed E-state index contributed by atoms with van der Waals surface area (Å²) >= 11 is 3.69. The molecule has 4 heteroatoms. The van der Waals surface area contributed by atoms with E-state index in [0.717, 1.165) is 28.2 Å². The van der Waals surface area contributed by atoms with E-state index in [1.807, 2.05) is 6.20 Å². The lowest BCUT2D eigenvalue weighted by molar-refractivity contribution is 0.0876. The van der Waals surface area contributed by atoms with Gasteiger partial charge in [-0.15, -0.1) is 0 Å². The Morgan fingerprint density at radius 1 is 1.56 bits per heavy atom. The van der Waals surface area contributed by atoms with Gasteiger partial charge < -0.3 is 4.74 Å². The average Bonchev–Trinajstić information content (AvgIpc) is 2.76. The zero-order valence-corrected chi connectivity index (χ0v) is 10.7. The summed E-state index contributed by atoms with van der Waals surface area (Å²) in [6.07, 6.45) is 5.50. The van der Waals surface area contributed by atoms with Crippen molar-refractivity contribution in [3.8, 4) is 0 Å². The van der Waals surface area contributed by atoms with Crippen LogP contribution in [0.25, 0.3) is 10.9 Å². The summed E-state index contributed by atoms with van der Waals surface area (Å²) in [6.45, 7) is 0. The number of fused-ring (bicyclic) bond motifs is 2. The van der Waals surface area contributed by atoms with Gasteiger partial charge in [-0.1, -0.05) is 0 Å². The minimum atomic E-state index is 0.220. The monoisotopic (exact) mass is 280 g/mol. The van der Waals surface area contributed by atoms with Crippen LogP contribution < -0.4 is 0 Å². The van der Waals surface area contributed by atoms with Crippen LogP contribution in [0.1, 0.15) is 30.1 Å². The standard InChI is InChI=1S/C12H13BrN2O/c1-16-10-4-2-3-7-5-9-8(6-14-15-9)12(13)11(7)10/h5-6,10H,2-4H2,1H3,(H,14,15). The number of H-pyrrole nitrogens is 1. The van der Waals surface area contributed by atoms with Crippen molar-refractivity contribution in [2.24, 2.45) is 0 Å². The highest BCUT2D eigenvalue weighted by molar-refractivity contribution is 9.10. The number of methoxy groups -OCH3 is 1. The lowest BCUT2D eigenvalue weighted by atomic mass is 9.88. The van der Waals surface area contributed by atoms with E-state index in [1.54, 1.807) is 7.11 Å². The molecule has 84 valence electrons. The quantitative estimate of drug-likeness (QED) is 0.870. The number of aryl methyl sites for hydroxylation is 1. The van der Waals surface area contributed by atoms with Crippen molar-refractivity contribution in [1.82, 2.24) is 10.2 Å². The third-order valence-corrected chi connectivity index (χ3v) is 4.18. The minimum Gasteiger partial charge on any atom is -0.377 e. The number of nitrogens with zero attached hydrogens (tertiary/aromatic N) is 1. The van der Waals surface area contributed by atoms with E-state index in [1.165, 1.54) is 17.5 Å². The highest BCUT2D eigenvalue weighted by Crippen LogP contribution is 2.40. The third-order valence-electron chi connectivity index (χ3n) is 3.33. The van der Waals surface area contributed by atoms with E-state index in [4.69, 9.17) is 4.74 Å². The predicted octanol–water partition coefficient (Wildman–Crippen LogP) is 3.35. The van der Waals surface area contributed by atoms with Crippen LogP contribution in [0.2, 0.25) is 0 Å². The van der Waals surface area contributed by atoms with Crippen LogP contribution in [0.4, 0.5) is 0 Å². The maximum absolute atomic E-state index is 5.56. The van der Waals surface area contributed by atoms with Gasteiger partial charge in [-0.3, -0.25) is 5.10 Å². The van der Waals surface area contributed by atoms with Crippen LogP contribution in [0.15, 0.2) is 16.7 Å². The molecule has 0 fully saturated rings. The first-order valence-corrected chi connectivity index (χ1v) is 6.27. The number of nitrogens with one attached hydrogen (secondary N) is 1. The molecule has 3 rings (SSSR count). The predicted molar refractivity (Wildman–Crippen MR) is 66.5 cm³/mol. The lowest BCUT2D eigenvalue weighted by Crippen LogP contribution is -2.12. The Hall–Kier alpha value is -0.870. The van der Waals surface area contributed by atoms with Gasteiger partial charge in [0.1, 0.15) is 0 Å². The zero-order chi connectivity index (χ0) is 11.1. The number of aromatic amines is 1. The van der Waals surface area contributed by atoms with Gasteiger partial charge in [0, 0.05) is 17.0 Å². The smallest absolute Gasteiger partial charge is 0.0835 e. The number of rotatable bonds is 1. The molecule has 0 spiro atoms. The molecule has 1 aromatic carbocycles. The summed E-state index contributed by atoms with van der Waals surface area (Å²) in [5, 5.41) is 8.25. The molecule has 1 aliphatic carbocycles. The summed E-state index contributed by atoms with van der Waals surface area (Å²) in [7, 11) is 1.78. The number of hydrogen-bond acceptors (Lipinski definition) is 2. The van der Waals surface area contributed by atoms with Crippen LogP contribution in [-0.2, 0) is 11.2 Å². The van der Waals surface area contributed by atoms with Crippen molar-refractivity contribution in [2.45, 2.75) is 25.4 Å². The maximum atomic E-state index is 5.56. The molecule has 0 aliphatic heterocycles. The first-order chi connectivity index (χ1) is 7.81. The highest BCUT2D eigenvalue weighted by atomic mass is 79.9. The second-order valence-corrected chi connectivity index (χ2v) is 5.00. The molecular weight excluding hydrogens is 268 g/mol.